The fraction of sp³-hybridized carbons (Fsp3) is 0.529. The van der Waals surface area contributed by atoms with E-state index >= 15 is 0 Å². The summed E-state index contributed by atoms with van der Waals surface area (Å²) in [6.07, 6.45) is 3.22. The number of carbonyl (C=O) groups is 2. The lowest BCUT2D eigenvalue weighted by Gasteiger charge is -2.33. The van der Waals surface area contributed by atoms with Gasteiger partial charge in [-0.1, -0.05) is 6.07 Å². The van der Waals surface area contributed by atoms with Gasteiger partial charge >= 0.3 is 0 Å². The largest absolute Gasteiger partial charge is 0.497 e. The van der Waals surface area contributed by atoms with Gasteiger partial charge in [0.2, 0.25) is 11.8 Å². The molecule has 3 rings (SSSR count). The van der Waals surface area contributed by atoms with Crippen LogP contribution in [0.4, 0.5) is 4.39 Å². The molecule has 1 aromatic rings. The quantitative estimate of drug-likeness (QED) is 0.865. The van der Waals surface area contributed by atoms with E-state index in [1.807, 2.05) is 0 Å². The number of rotatable bonds is 5. The molecule has 1 heterocycles. The Morgan fingerprint density at radius 3 is 2.83 bits per heavy atom. The van der Waals surface area contributed by atoms with Gasteiger partial charge in [-0.2, -0.15) is 0 Å². The second-order valence-electron chi connectivity index (χ2n) is 6.28. The number of hydrogen-bond acceptors (Lipinski definition) is 3. The maximum atomic E-state index is 13.9. The Bertz CT molecular complexity index is 616. The van der Waals surface area contributed by atoms with Gasteiger partial charge < -0.3 is 15.4 Å². The van der Waals surface area contributed by atoms with Gasteiger partial charge in [0, 0.05) is 18.5 Å². The molecule has 124 valence electrons. The van der Waals surface area contributed by atoms with Gasteiger partial charge in [-0.3, -0.25) is 9.59 Å². The van der Waals surface area contributed by atoms with E-state index in [9.17, 15) is 14.0 Å². The summed E-state index contributed by atoms with van der Waals surface area (Å²) in [5.74, 6) is 0.266. The fourth-order valence-electron chi connectivity index (χ4n) is 3.12. The Morgan fingerprint density at radius 2 is 2.17 bits per heavy atom. The van der Waals surface area contributed by atoms with Gasteiger partial charge in [-0.05, 0) is 36.8 Å². The van der Waals surface area contributed by atoms with Crippen molar-refractivity contribution in [2.24, 2.45) is 5.92 Å². The SMILES string of the molecule is COc1ccc(CC(=O)N[C@@H]2CCC(=O)N[C@H]2C2CC2)c(F)c1. The van der Waals surface area contributed by atoms with Crippen LogP contribution < -0.4 is 15.4 Å². The van der Waals surface area contributed by atoms with E-state index in [0.29, 0.717) is 30.1 Å². The lowest BCUT2D eigenvalue weighted by molar-refractivity contribution is -0.127. The first kappa shape index (κ1) is 15.8. The first-order valence-electron chi connectivity index (χ1n) is 7.98. The predicted molar refractivity (Wildman–Crippen MR) is 82.5 cm³/mol. The zero-order chi connectivity index (χ0) is 16.4. The van der Waals surface area contributed by atoms with E-state index in [4.69, 9.17) is 4.74 Å². The minimum absolute atomic E-state index is 0.0147. The molecule has 0 aromatic heterocycles. The lowest BCUT2D eigenvalue weighted by Crippen LogP contribution is -2.56. The second-order valence-corrected chi connectivity index (χ2v) is 6.28. The highest BCUT2D eigenvalue weighted by molar-refractivity contribution is 5.81. The number of amides is 2. The molecule has 1 saturated heterocycles. The van der Waals surface area contributed by atoms with Gasteiger partial charge in [0.25, 0.3) is 0 Å². The number of carbonyl (C=O) groups excluding carboxylic acids is 2. The van der Waals surface area contributed by atoms with Gasteiger partial charge in [0.15, 0.2) is 0 Å². The zero-order valence-corrected chi connectivity index (χ0v) is 13.1. The Labute approximate surface area is 134 Å². The second kappa shape index (κ2) is 6.56. The first-order valence-corrected chi connectivity index (χ1v) is 7.98. The van der Waals surface area contributed by atoms with E-state index in [0.717, 1.165) is 12.8 Å². The van der Waals surface area contributed by atoms with Crippen molar-refractivity contribution in [3.63, 3.8) is 0 Å². The van der Waals surface area contributed by atoms with E-state index in [-0.39, 0.29) is 30.3 Å². The monoisotopic (exact) mass is 320 g/mol. The van der Waals surface area contributed by atoms with E-state index in [1.54, 1.807) is 12.1 Å². The van der Waals surface area contributed by atoms with Crippen LogP contribution in [0.2, 0.25) is 0 Å². The van der Waals surface area contributed by atoms with Crippen LogP contribution in [0, 0.1) is 11.7 Å². The third-order valence-electron chi connectivity index (χ3n) is 4.53. The van der Waals surface area contributed by atoms with Crippen LogP contribution in [0.25, 0.3) is 0 Å². The molecular weight excluding hydrogens is 299 g/mol. The van der Waals surface area contributed by atoms with Crippen molar-refractivity contribution in [3.8, 4) is 5.75 Å². The number of methoxy groups -OCH3 is 1. The molecular formula is C17H21FN2O3. The number of hydrogen-bond donors (Lipinski definition) is 2. The molecule has 0 spiro atoms. The molecule has 2 fully saturated rings. The molecule has 1 aliphatic carbocycles. The first-order chi connectivity index (χ1) is 11.1. The Balaban J connectivity index is 1.61. The summed E-state index contributed by atoms with van der Waals surface area (Å²) in [4.78, 5) is 23.8. The minimum atomic E-state index is -0.449. The predicted octanol–water partition coefficient (Wildman–Crippen LogP) is 1.55. The summed E-state index contributed by atoms with van der Waals surface area (Å²) >= 11 is 0. The summed E-state index contributed by atoms with van der Waals surface area (Å²) in [5.41, 5.74) is 0.339. The Kier molecular flexibility index (Phi) is 4.50. The molecule has 0 bridgehead atoms. The Morgan fingerprint density at radius 1 is 1.39 bits per heavy atom. The van der Waals surface area contributed by atoms with Crippen molar-refractivity contribution in [1.82, 2.24) is 10.6 Å². The fourth-order valence-corrected chi connectivity index (χ4v) is 3.12. The minimum Gasteiger partial charge on any atom is -0.497 e. The maximum absolute atomic E-state index is 13.9. The molecule has 0 unspecified atom stereocenters. The van der Waals surface area contributed by atoms with Crippen LogP contribution in [-0.4, -0.2) is 31.0 Å². The van der Waals surface area contributed by atoms with Crippen LogP contribution in [-0.2, 0) is 16.0 Å². The van der Waals surface area contributed by atoms with Crippen molar-refractivity contribution in [2.75, 3.05) is 7.11 Å². The van der Waals surface area contributed by atoms with Gasteiger partial charge in [0.05, 0.1) is 19.6 Å². The van der Waals surface area contributed by atoms with Crippen molar-refractivity contribution >= 4 is 11.8 Å². The van der Waals surface area contributed by atoms with Crippen LogP contribution in [0.3, 0.4) is 0 Å². The molecule has 23 heavy (non-hydrogen) atoms. The van der Waals surface area contributed by atoms with E-state index < -0.39 is 5.82 Å². The van der Waals surface area contributed by atoms with Crippen molar-refractivity contribution in [3.05, 3.63) is 29.6 Å². The average Bonchev–Trinajstić information content (AvgIpc) is 3.36. The number of nitrogens with one attached hydrogen (secondary N) is 2. The van der Waals surface area contributed by atoms with Crippen molar-refractivity contribution < 1.29 is 18.7 Å². The summed E-state index contributed by atoms with van der Waals surface area (Å²) in [5, 5.41) is 5.94. The average molecular weight is 320 g/mol. The van der Waals surface area contributed by atoms with Crippen molar-refractivity contribution in [2.45, 2.75) is 44.2 Å². The van der Waals surface area contributed by atoms with E-state index in [1.165, 1.54) is 13.2 Å². The summed E-state index contributed by atoms with van der Waals surface area (Å²) in [7, 11) is 1.47. The van der Waals surface area contributed by atoms with Crippen LogP contribution in [0.15, 0.2) is 18.2 Å². The third-order valence-corrected chi connectivity index (χ3v) is 4.53. The third kappa shape index (κ3) is 3.81. The van der Waals surface area contributed by atoms with E-state index in [2.05, 4.69) is 10.6 Å². The number of benzene rings is 1. The maximum Gasteiger partial charge on any atom is 0.224 e. The van der Waals surface area contributed by atoms with Gasteiger partial charge in [-0.15, -0.1) is 0 Å². The molecule has 5 nitrogen and oxygen atoms in total. The summed E-state index contributed by atoms with van der Waals surface area (Å²) in [6, 6.07) is 4.43. The highest BCUT2D eigenvalue weighted by atomic mass is 19.1. The molecule has 2 atom stereocenters. The highest BCUT2D eigenvalue weighted by Gasteiger charge is 2.40. The number of ether oxygens (including phenoxy) is 1. The molecule has 6 heteroatoms. The molecule has 2 aliphatic rings. The summed E-state index contributed by atoms with van der Waals surface area (Å²) < 4.78 is 18.9. The van der Waals surface area contributed by atoms with Gasteiger partial charge in [0.1, 0.15) is 11.6 Å². The number of halogens is 1. The Hall–Kier alpha value is -2.11. The topological polar surface area (TPSA) is 67.4 Å². The molecule has 2 amide bonds. The van der Waals surface area contributed by atoms with Gasteiger partial charge in [-0.25, -0.2) is 4.39 Å². The molecule has 1 aromatic carbocycles. The molecule has 1 aliphatic heterocycles. The van der Waals surface area contributed by atoms with Crippen LogP contribution in [0.1, 0.15) is 31.2 Å². The van der Waals surface area contributed by atoms with Crippen LogP contribution >= 0.6 is 0 Å². The highest BCUT2D eigenvalue weighted by Crippen LogP contribution is 2.36. The summed E-state index contributed by atoms with van der Waals surface area (Å²) in [6.45, 7) is 0. The van der Waals surface area contributed by atoms with Crippen molar-refractivity contribution in [1.29, 1.82) is 0 Å². The molecule has 0 radical (unpaired) electrons. The normalized spacial score (nSPS) is 24.0. The standard InChI is InChI=1S/C17H21FN2O3/c1-23-12-5-4-11(13(18)9-12)8-16(22)19-14-6-7-15(21)20-17(14)10-2-3-10/h4-5,9-10,14,17H,2-3,6-8H2,1H3,(H,19,22)(H,20,21)/t14-,17+/m1/s1. The number of piperidine rings is 1. The molecule has 2 N–H and O–H groups in total. The smallest absolute Gasteiger partial charge is 0.224 e. The molecule has 1 saturated carbocycles. The zero-order valence-electron chi connectivity index (χ0n) is 13.1. The lowest BCUT2D eigenvalue weighted by atomic mass is 9.94. The van der Waals surface area contributed by atoms with Crippen LogP contribution in [0.5, 0.6) is 5.75 Å².